The van der Waals surface area contributed by atoms with Gasteiger partial charge in [0.2, 0.25) is 11.9 Å². The summed E-state index contributed by atoms with van der Waals surface area (Å²) in [4.78, 5) is 30.2. The second-order valence-corrected chi connectivity index (χ2v) is 7.55. The molecular weight excluding hydrogens is 411 g/mol. The van der Waals surface area contributed by atoms with Gasteiger partial charge in [-0.1, -0.05) is 6.92 Å². The summed E-state index contributed by atoms with van der Waals surface area (Å²) < 4.78 is 16.8. The SMILES string of the molecule is CC[C@H]1C(=O)N(C)c2cnc(-n3ccnc3-c3ccc(F)cc3)nc2N1c1ccn(C)n1. The van der Waals surface area contributed by atoms with Crippen molar-refractivity contribution in [3.8, 4) is 17.3 Å². The number of nitrogens with zero attached hydrogens (tertiary/aromatic N) is 8. The van der Waals surface area contributed by atoms with Gasteiger partial charge in [0.15, 0.2) is 11.6 Å². The van der Waals surface area contributed by atoms with Gasteiger partial charge in [-0.3, -0.25) is 18.9 Å². The number of amides is 1. The number of aromatic nitrogens is 6. The van der Waals surface area contributed by atoms with Crippen LogP contribution in [0.2, 0.25) is 0 Å². The molecule has 4 heterocycles. The van der Waals surface area contributed by atoms with Gasteiger partial charge >= 0.3 is 0 Å². The van der Waals surface area contributed by atoms with E-state index in [9.17, 15) is 9.18 Å². The van der Waals surface area contributed by atoms with E-state index in [4.69, 9.17) is 4.98 Å². The topological polar surface area (TPSA) is 85.0 Å². The molecule has 0 N–H and O–H groups in total. The van der Waals surface area contributed by atoms with Crippen molar-refractivity contribution in [3.05, 3.63) is 60.9 Å². The van der Waals surface area contributed by atoms with Crippen molar-refractivity contribution in [2.75, 3.05) is 16.8 Å². The van der Waals surface area contributed by atoms with Crippen molar-refractivity contribution in [1.29, 1.82) is 0 Å². The van der Waals surface area contributed by atoms with Crippen molar-refractivity contribution >= 4 is 23.2 Å². The molecule has 9 nitrogen and oxygen atoms in total. The molecule has 4 aromatic rings. The van der Waals surface area contributed by atoms with Crippen LogP contribution in [0, 0.1) is 5.82 Å². The molecule has 1 aromatic carbocycles. The molecule has 162 valence electrons. The molecule has 32 heavy (non-hydrogen) atoms. The molecule has 3 aromatic heterocycles. The number of hydrogen-bond acceptors (Lipinski definition) is 6. The predicted octanol–water partition coefficient (Wildman–Crippen LogP) is 3.10. The van der Waals surface area contributed by atoms with Crippen molar-refractivity contribution in [3.63, 3.8) is 0 Å². The Labute approximate surface area is 183 Å². The van der Waals surface area contributed by atoms with Gasteiger partial charge in [-0.05, 0) is 30.7 Å². The van der Waals surface area contributed by atoms with Crippen LogP contribution in [-0.2, 0) is 11.8 Å². The third-order valence-corrected chi connectivity index (χ3v) is 5.55. The molecule has 1 amide bonds. The standard InChI is InChI=1S/C22H21FN8O/c1-4-16-21(32)29(3)17-13-25-22(26-20(17)31(16)18-9-11-28(2)27-18)30-12-10-24-19(30)14-5-7-15(23)8-6-14/h5-13,16H,4H2,1-3H3/t16-/m0/s1. The quantitative estimate of drug-likeness (QED) is 0.493. The minimum absolute atomic E-state index is 0.0448. The lowest BCUT2D eigenvalue weighted by Crippen LogP contribution is -2.50. The predicted molar refractivity (Wildman–Crippen MR) is 117 cm³/mol. The Bertz CT molecular complexity index is 1300. The first-order valence-electron chi connectivity index (χ1n) is 10.2. The first-order valence-corrected chi connectivity index (χ1v) is 10.2. The summed E-state index contributed by atoms with van der Waals surface area (Å²) in [5.41, 5.74) is 1.33. The number of fused-ring (bicyclic) bond motifs is 1. The van der Waals surface area contributed by atoms with Gasteiger partial charge in [0, 0.05) is 44.3 Å². The second kappa shape index (κ2) is 7.56. The highest BCUT2D eigenvalue weighted by Crippen LogP contribution is 2.39. The Kier molecular flexibility index (Phi) is 4.69. The summed E-state index contributed by atoms with van der Waals surface area (Å²) in [6.07, 6.45) is 7.44. The fourth-order valence-corrected chi connectivity index (χ4v) is 3.92. The van der Waals surface area contributed by atoms with Gasteiger partial charge in [-0.15, -0.1) is 0 Å². The highest BCUT2D eigenvalue weighted by molar-refractivity contribution is 6.05. The minimum atomic E-state index is -0.440. The van der Waals surface area contributed by atoms with Crippen LogP contribution in [0.1, 0.15) is 13.3 Å². The van der Waals surface area contributed by atoms with Crippen LogP contribution >= 0.6 is 0 Å². The number of imidazole rings is 1. The first kappa shape index (κ1) is 19.9. The van der Waals surface area contributed by atoms with E-state index in [1.54, 1.807) is 51.9 Å². The minimum Gasteiger partial charge on any atom is -0.309 e. The van der Waals surface area contributed by atoms with E-state index in [1.165, 1.54) is 12.1 Å². The first-order chi connectivity index (χ1) is 15.5. The fourth-order valence-electron chi connectivity index (χ4n) is 3.92. The van der Waals surface area contributed by atoms with Crippen LogP contribution < -0.4 is 9.80 Å². The van der Waals surface area contributed by atoms with E-state index in [0.717, 1.165) is 5.56 Å². The molecule has 0 fully saturated rings. The van der Waals surface area contributed by atoms with Crippen molar-refractivity contribution in [2.45, 2.75) is 19.4 Å². The Morgan fingerprint density at radius 3 is 2.53 bits per heavy atom. The number of halogens is 1. The highest BCUT2D eigenvalue weighted by atomic mass is 19.1. The maximum absolute atomic E-state index is 13.4. The van der Waals surface area contributed by atoms with Crippen LogP contribution in [0.5, 0.6) is 0 Å². The second-order valence-electron chi connectivity index (χ2n) is 7.55. The Morgan fingerprint density at radius 2 is 1.84 bits per heavy atom. The molecule has 0 bridgehead atoms. The molecule has 1 aliphatic heterocycles. The monoisotopic (exact) mass is 432 g/mol. The lowest BCUT2D eigenvalue weighted by molar-refractivity contribution is -0.119. The van der Waals surface area contributed by atoms with Gasteiger partial charge < -0.3 is 4.90 Å². The third-order valence-electron chi connectivity index (χ3n) is 5.55. The van der Waals surface area contributed by atoms with E-state index in [1.807, 2.05) is 31.1 Å². The van der Waals surface area contributed by atoms with Crippen molar-refractivity contribution in [1.82, 2.24) is 29.3 Å². The van der Waals surface area contributed by atoms with Crippen LogP contribution in [-0.4, -0.2) is 48.3 Å². The molecule has 5 rings (SSSR count). The van der Waals surface area contributed by atoms with E-state index < -0.39 is 6.04 Å². The van der Waals surface area contributed by atoms with Crippen LogP contribution in [0.15, 0.2) is 55.1 Å². The Balaban J connectivity index is 1.66. The molecule has 0 saturated heterocycles. The van der Waals surface area contributed by atoms with Gasteiger partial charge in [-0.25, -0.2) is 14.4 Å². The summed E-state index contributed by atoms with van der Waals surface area (Å²) in [6.45, 7) is 1.96. The Hall–Kier alpha value is -4.08. The highest BCUT2D eigenvalue weighted by Gasteiger charge is 2.39. The summed E-state index contributed by atoms with van der Waals surface area (Å²) >= 11 is 0. The van der Waals surface area contributed by atoms with Gasteiger partial charge in [-0.2, -0.15) is 10.1 Å². The molecule has 1 atom stereocenters. The number of carbonyl (C=O) groups excluding carboxylic acids is 1. The van der Waals surface area contributed by atoms with Crippen LogP contribution in [0.3, 0.4) is 0 Å². The number of hydrogen-bond donors (Lipinski definition) is 0. The largest absolute Gasteiger partial charge is 0.309 e. The zero-order chi connectivity index (χ0) is 22.4. The molecule has 0 saturated carbocycles. The number of carbonyl (C=O) groups is 1. The molecule has 0 spiro atoms. The maximum Gasteiger partial charge on any atom is 0.250 e. The molecule has 0 aliphatic carbocycles. The van der Waals surface area contributed by atoms with Crippen molar-refractivity contribution in [2.24, 2.45) is 7.05 Å². The average molecular weight is 432 g/mol. The number of likely N-dealkylation sites (N-methyl/N-ethyl adjacent to an activating group) is 1. The number of rotatable bonds is 4. The number of anilines is 3. The number of benzene rings is 1. The molecule has 0 radical (unpaired) electrons. The molecule has 1 aliphatic rings. The van der Waals surface area contributed by atoms with Gasteiger partial charge in [0.25, 0.3) is 0 Å². The average Bonchev–Trinajstić information content (AvgIpc) is 3.45. The van der Waals surface area contributed by atoms with E-state index in [0.29, 0.717) is 35.5 Å². The summed E-state index contributed by atoms with van der Waals surface area (Å²) in [5, 5.41) is 4.51. The lowest BCUT2D eigenvalue weighted by atomic mass is 10.1. The summed E-state index contributed by atoms with van der Waals surface area (Å²) in [5.74, 6) is 1.83. The van der Waals surface area contributed by atoms with E-state index >= 15 is 0 Å². The third kappa shape index (κ3) is 3.11. The lowest BCUT2D eigenvalue weighted by Gasteiger charge is -2.39. The zero-order valence-electron chi connectivity index (χ0n) is 17.8. The summed E-state index contributed by atoms with van der Waals surface area (Å²) in [7, 11) is 3.55. The maximum atomic E-state index is 13.4. The normalized spacial score (nSPS) is 15.9. The zero-order valence-corrected chi connectivity index (χ0v) is 17.8. The Morgan fingerprint density at radius 1 is 1.06 bits per heavy atom. The van der Waals surface area contributed by atoms with Gasteiger partial charge in [0.1, 0.15) is 23.4 Å². The van der Waals surface area contributed by atoms with E-state index in [2.05, 4.69) is 15.1 Å². The molecule has 0 unspecified atom stereocenters. The van der Waals surface area contributed by atoms with Crippen LogP contribution in [0.25, 0.3) is 17.3 Å². The molecular formula is C22H21FN8O. The van der Waals surface area contributed by atoms with Gasteiger partial charge in [0.05, 0.1) is 6.20 Å². The van der Waals surface area contributed by atoms with Crippen molar-refractivity contribution < 1.29 is 9.18 Å². The van der Waals surface area contributed by atoms with E-state index in [-0.39, 0.29) is 11.7 Å². The van der Waals surface area contributed by atoms with Crippen LogP contribution in [0.4, 0.5) is 21.7 Å². The number of aryl methyl sites for hydroxylation is 1. The summed E-state index contributed by atoms with van der Waals surface area (Å²) in [6, 6.07) is 7.51. The smallest absolute Gasteiger partial charge is 0.250 e. The fraction of sp³-hybridized carbons (Fsp3) is 0.227. The molecule has 10 heteroatoms.